The molecule has 0 spiro atoms. The Morgan fingerprint density at radius 3 is 3.00 bits per heavy atom. The van der Waals surface area contributed by atoms with Gasteiger partial charge in [-0.2, -0.15) is 0 Å². The Hall–Kier alpha value is -0.380. The minimum Gasteiger partial charge on any atom is -0.373 e. The van der Waals surface area contributed by atoms with Gasteiger partial charge in [-0.1, -0.05) is 41.9 Å². The normalized spacial score (nSPS) is 23.8. The van der Waals surface area contributed by atoms with Crippen LogP contribution in [0.3, 0.4) is 0 Å². The summed E-state index contributed by atoms with van der Waals surface area (Å²) in [6, 6.07) is 8.48. The summed E-state index contributed by atoms with van der Waals surface area (Å²) in [7, 11) is 0. The van der Waals surface area contributed by atoms with Crippen LogP contribution in [0.15, 0.2) is 28.7 Å². The summed E-state index contributed by atoms with van der Waals surface area (Å²) in [6.45, 7) is 7.50. The maximum absolute atomic E-state index is 5.90. The van der Waals surface area contributed by atoms with Crippen molar-refractivity contribution in [3.8, 4) is 0 Å². The van der Waals surface area contributed by atoms with Gasteiger partial charge in [0.25, 0.3) is 0 Å². The molecule has 1 aromatic rings. The third kappa shape index (κ3) is 3.81. The summed E-state index contributed by atoms with van der Waals surface area (Å²) < 4.78 is 7.03. The highest BCUT2D eigenvalue weighted by atomic mass is 79.9. The van der Waals surface area contributed by atoms with Crippen molar-refractivity contribution >= 4 is 15.9 Å². The van der Waals surface area contributed by atoms with Crippen LogP contribution in [-0.2, 0) is 4.74 Å². The van der Waals surface area contributed by atoms with Crippen molar-refractivity contribution in [1.82, 2.24) is 5.32 Å². The van der Waals surface area contributed by atoms with Crippen LogP contribution < -0.4 is 5.32 Å². The van der Waals surface area contributed by atoms with Gasteiger partial charge in [-0.3, -0.25) is 0 Å². The predicted octanol–water partition coefficient (Wildman–Crippen LogP) is 3.77. The highest BCUT2D eigenvalue weighted by Crippen LogP contribution is 2.34. The van der Waals surface area contributed by atoms with Gasteiger partial charge in [0, 0.05) is 23.5 Å². The van der Waals surface area contributed by atoms with Crippen LogP contribution in [0.1, 0.15) is 31.9 Å². The number of halogens is 1. The van der Waals surface area contributed by atoms with E-state index in [1.807, 2.05) is 0 Å². The second-order valence-corrected chi connectivity index (χ2v) is 6.36. The van der Waals surface area contributed by atoms with Crippen LogP contribution in [0.5, 0.6) is 0 Å². The van der Waals surface area contributed by atoms with Gasteiger partial charge in [-0.25, -0.2) is 0 Å². The fourth-order valence-corrected chi connectivity index (χ4v) is 2.87. The number of nitrogens with one attached hydrogen (secondary N) is 1. The summed E-state index contributed by atoms with van der Waals surface area (Å²) in [5.41, 5.74) is 1.29. The molecule has 1 aliphatic rings. The van der Waals surface area contributed by atoms with E-state index in [2.05, 4.69) is 59.4 Å². The molecular weight excluding hydrogens is 290 g/mol. The van der Waals surface area contributed by atoms with E-state index in [1.54, 1.807) is 0 Å². The lowest BCUT2D eigenvalue weighted by Crippen LogP contribution is -2.27. The molecular formula is C15H22BrNO. The smallest absolute Gasteiger partial charge is 0.0866 e. The first-order valence-electron chi connectivity index (χ1n) is 6.74. The molecule has 0 aromatic heterocycles. The fourth-order valence-electron chi connectivity index (χ4n) is 2.45. The molecule has 1 fully saturated rings. The maximum atomic E-state index is 5.90. The zero-order chi connectivity index (χ0) is 13.0. The highest BCUT2D eigenvalue weighted by Gasteiger charge is 2.29. The van der Waals surface area contributed by atoms with Gasteiger partial charge in [0.1, 0.15) is 0 Å². The molecule has 0 aliphatic carbocycles. The summed E-state index contributed by atoms with van der Waals surface area (Å²) in [5.74, 6) is 1.30. The minimum atomic E-state index is 0.252. The molecule has 2 nitrogen and oxygen atoms in total. The lowest BCUT2D eigenvalue weighted by Gasteiger charge is -2.20. The number of hydrogen-bond acceptors (Lipinski definition) is 2. The van der Waals surface area contributed by atoms with E-state index in [1.165, 1.54) is 5.56 Å². The Morgan fingerprint density at radius 2 is 2.28 bits per heavy atom. The molecule has 100 valence electrons. The number of rotatable bonds is 5. The molecule has 2 atom stereocenters. The molecule has 0 radical (unpaired) electrons. The Kier molecular flexibility index (Phi) is 5.22. The second-order valence-electron chi connectivity index (χ2n) is 5.45. The van der Waals surface area contributed by atoms with E-state index >= 15 is 0 Å². The van der Waals surface area contributed by atoms with Gasteiger partial charge < -0.3 is 10.1 Å². The lowest BCUT2D eigenvalue weighted by atomic mass is 9.95. The van der Waals surface area contributed by atoms with Gasteiger partial charge in [-0.05, 0) is 36.6 Å². The van der Waals surface area contributed by atoms with Gasteiger partial charge in [0.2, 0.25) is 0 Å². The zero-order valence-electron chi connectivity index (χ0n) is 11.2. The van der Waals surface area contributed by atoms with Gasteiger partial charge >= 0.3 is 0 Å². The Balaban J connectivity index is 1.95. The summed E-state index contributed by atoms with van der Waals surface area (Å²) in [4.78, 5) is 0. The second kappa shape index (κ2) is 6.69. The van der Waals surface area contributed by atoms with Crippen molar-refractivity contribution < 1.29 is 4.74 Å². The molecule has 3 heteroatoms. The SMILES string of the molecule is CC(C)CNCC1CCOC1c1cccc(Br)c1. The van der Waals surface area contributed by atoms with Crippen LogP contribution in [0.25, 0.3) is 0 Å². The van der Waals surface area contributed by atoms with E-state index in [4.69, 9.17) is 4.74 Å². The maximum Gasteiger partial charge on any atom is 0.0866 e. The van der Waals surface area contributed by atoms with E-state index in [-0.39, 0.29) is 6.10 Å². The number of hydrogen-bond donors (Lipinski definition) is 1. The van der Waals surface area contributed by atoms with Gasteiger partial charge in [-0.15, -0.1) is 0 Å². The third-order valence-corrected chi connectivity index (χ3v) is 3.84. The Bertz CT molecular complexity index is 381. The molecule has 0 amide bonds. The first-order valence-corrected chi connectivity index (χ1v) is 7.54. The van der Waals surface area contributed by atoms with Gasteiger partial charge in [0.15, 0.2) is 0 Å². The molecule has 1 aliphatic heterocycles. The molecule has 0 bridgehead atoms. The van der Waals surface area contributed by atoms with Crippen molar-refractivity contribution in [3.63, 3.8) is 0 Å². The molecule has 2 rings (SSSR count). The number of ether oxygens (including phenoxy) is 1. The predicted molar refractivity (Wildman–Crippen MR) is 78.6 cm³/mol. The summed E-state index contributed by atoms with van der Waals surface area (Å²) in [6.07, 6.45) is 1.41. The molecule has 18 heavy (non-hydrogen) atoms. The van der Waals surface area contributed by atoms with Gasteiger partial charge in [0.05, 0.1) is 6.10 Å². The average molecular weight is 312 g/mol. The third-order valence-electron chi connectivity index (χ3n) is 3.35. The molecule has 1 aromatic carbocycles. The fraction of sp³-hybridized carbons (Fsp3) is 0.600. The Labute approximate surface area is 118 Å². The van der Waals surface area contributed by atoms with Crippen molar-refractivity contribution in [1.29, 1.82) is 0 Å². The monoisotopic (exact) mass is 311 g/mol. The van der Waals surface area contributed by atoms with Crippen LogP contribution in [0, 0.1) is 11.8 Å². The van der Waals surface area contributed by atoms with E-state index < -0.39 is 0 Å². The molecule has 1 heterocycles. The first kappa shape index (κ1) is 14.0. The van der Waals surface area contributed by atoms with Crippen LogP contribution in [0.4, 0.5) is 0 Å². The van der Waals surface area contributed by atoms with Crippen molar-refractivity contribution in [2.75, 3.05) is 19.7 Å². The number of benzene rings is 1. The molecule has 1 saturated heterocycles. The Morgan fingerprint density at radius 1 is 1.44 bits per heavy atom. The lowest BCUT2D eigenvalue weighted by molar-refractivity contribution is 0.0903. The van der Waals surface area contributed by atoms with Crippen molar-refractivity contribution in [3.05, 3.63) is 34.3 Å². The van der Waals surface area contributed by atoms with E-state index in [0.29, 0.717) is 11.8 Å². The van der Waals surface area contributed by atoms with E-state index in [9.17, 15) is 0 Å². The quantitative estimate of drug-likeness (QED) is 0.893. The molecule has 1 N–H and O–H groups in total. The minimum absolute atomic E-state index is 0.252. The standard InChI is InChI=1S/C15H22BrNO/c1-11(2)9-17-10-13-6-7-18-15(13)12-4-3-5-14(16)8-12/h3-5,8,11,13,15,17H,6-7,9-10H2,1-2H3. The van der Waals surface area contributed by atoms with Crippen LogP contribution in [-0.4, -0.2) is 19.7 Å². The van der Waals surface area contributed by atoms with Crippen LogP contribution >= 0.6 is 15.9 Å². The zero-order valence-corrected chi connectivity index (χ0v) is 12.7. The summed E-state index contributed by atoms with van der Waals surface area (Å²) in [5, 5.41) is 3.55. The summed E-state index contributed by atoms with van der Waals surface area (Å²) >= 11 is 3.53. The van der Waals surface area contributed by atoms with Crippen molar-refractivity contribution in [2.24, 2.45) is 11.8 Å². The first-order chi connectivity index (χ1) is 8.66. The van der Waals surface area contributed by atoms with Crippen molar-refractivity contribution in [2.45, 2.75) is 26.4 Å². The molecule has 2 unspecified atom stereocenters. The highest BCUT2D eigenvalue weighted by molar-refractivity contribution is 9.10. The van der Waals surface area contributed by atoms with Crippen LogP contribution in [0.2, 0.25) is 0 Å². The topological polar surface area (TPSA) is 21.3 Å². The molecule has 0 saturated carbocycles. The average Bonchev–Trinajstić information content (AvgIpc) is 2.77. The van der Waals surface area contributed by atoms with E-state index in [0.717, 1.165) is 30.6 Å². The largest absolute Gasteiger partial charge is 0.373 e.